The highest BCUT2D eigenvalue weighted by molar-refractivity contribution is 5.85. The van der Waals surface area contributed by atoms with Gasteiger partial charge in [0.15, 0.2) is 11.5 Å². The van der Waals surface area contributed by atoms with Crippen LogP contribution in [0.15, 0.2) is 48.5 Å². The molecule has 0 spiro atoms. The molecule has 1 saturated heterocycles. The lowest BCUT2D eigenvalue weighted by molar-refractivity contribution is 0.0304. The smallest absolute Gasteiger partial charge is 0.161 e. The van der Waals surface area contributed by atoms with E-state index in [2.05, 4.69) is 36.2 Å². The average Bonchev–Trinajstić information content (AvgIpc) is 2.74. The van der Waals surface area contributed by atoms with Crippen molar-refractivity contribution in [1.29, 1.82) is 0 Å². The second-order valence-electron chi connectivity index (χ2n) is 8.02. The van der Waals surface area contributed by atoms with E-state index in [1.165, 1.54) is 0 Å². The number of rotatable bonds is 8. The van der Waals surface area contributed by atoms with E-state index in [-0.39, 0.29) is 30.5 Å². The van der Waals surface area contributed by atoms with Crippen molar-refractivity contribution in [2.75, 3.05) is 39.9 Å². The van der Waals surface area contributed by atoms with Gasteiger partial charge in [-0.1, -0.05) is 50.2 Å². The Bertz CT molecular complexity index is 749. The Morgan fingerprint density at radius 1 is 1.07 bits per heavy atom. The SMILES string of the molecule is COc1cc([C@@H](N2CCNCC2)C(C)(C)CO)ccc1OCc1ccccc1.Cl. The van der Waals surface area contributed by atoms with E-state index in [0.29, 0.717) is 6.61 Å². The Kier molecular flexibility index (Phi) is 8.78. The minimum Gasteiger partial charge on any atom is -0.493 e. The van der Waals surface area contributed by atoms with Crippen LogP contribution in [-0.4, -0.2) is 49.9 Å². The summed E-state index contributed by atoms with van der Waals surface area (Å²) < 4.78 is 11.6. The Balaban J connectivity index is 0.00000300. The molecule has 1 atom stereocenters. The van der Waals surface area contributed by atoms with Gasteiger partial charge in [-0.2, -0.15) is 0 Å². The second kappa shape index (κ2) is 10.8. The summed E-state index contributed by atoms with van der Waals surface area (Å²) >= 11 is 0. The summed E-state index contributed by atoms with van der Waals surface area (Å²) in [7, 11) is 1.67. The lowest BCUT2D eigenvalue weighted by Crippen LogP contribution is -2.49. The number of ether oxygens (including phenoxy) is 2. The largest absolute Gasteiger partial charge is 0.493 e. The number of methoxy groups -OCH3 is 1. The van der Waals surface area contributed by atoms with Gasteiger partial charge < -0.3 is 19.9 Å². The molecular weight excluding hydrogens is 388 g/mol. The van der Waals surface area contributed by atoms with E-state index in [1.54, 1.807) is 7.11 Å². The molecule has 3 rings (SSSR count). The summed E-state index contributed by atoms with van der Waals surface area (Å²) in [6.45, 7) is 8.71. The highest BCUT2D eigenvalue weighted by atomic mass is 35.5. The molecule has 2 aromatic carbocycles. The van der Waals surface area contributed by atoms with Crippen LogP contribution in [0.1, 0.15) is 31.0 Å². The van der Waals surface area contributed by atoms with Crippen molar-refractivity contribution < 1.29 is 14.6 Å². The van der Waals surface area contributed by atoms with Gasteiger partial charge in [-0.3, -0.25) is 4.90 Å². The molecule has 0 radical (unpaired) electrons. The van der Waals surface area contributed by atoms with E-state index in [0.717, 1.165) is 48.8 Å². The van der Waals surface area contributed by atoms with Crippen molar-refractivity contribution in [3.05, 3.63) is 59.7 Å². The molecule has 1 aliphatic heterocycles. The molecule has 2 N–H and O–H groups in total. The maximum absolute atomic E-state index is 10.0. The van der Waals surface area contributed by atoms with Crippen molar-refractivity contribution >= 4 is 12.4 Å². The molecule has 29 heavy (non-hydrogen) atoms. The number of aliphatic hydroxyl groups excluding tert-OH is 1. The number of halogens is 1. The maximum atomic E-state index is 10.0. The predicted molar refractivity (Wildman–Crippen MR) is 119 cm³/mol. The number of benzene rings is 2. The third-order valence-electron chi connectivity index (χ3n) is 5.41. The van der Waals surface area contributed by atoms with E-state index in [4.69, 9.17) is 9.47 Å². The maximum Gasteiger partial charge on any atom is 0.161 e. The van der Waals surface area contributed by atoms with E-state index in [1.807, 2.05) is 36.4 Å². The third-order valence-corrected chi connectivity index (χ3v) is 5.41. The molecule has 0 bridgehead atoms. The topological polar surface area (TPSA) is 54.0 Å². The van der Waals surface area contributed by atoms with Crippen molar-refractivity contribution in [3.8, 4) is 11.5 Å². The van der Waals surface area contributed by atoms with E-state index >= 15 is 0 Å². The predicted octanol–water partition coefficient (Wildman–Crippen LogP) is 3.66. The number of aliphatic hydroxyl groups is 1. The summed E-state index contributed by atoms with van der Waals surface area (Å²) in [5.41, 5.74) is 1.99. The summed E-state index contributed by atoms with van der Waals surface area (Å²) in [6, 6.07) is 16.4. The number of hydrogen-bond acceptors (Lipinski definition) is 5. The first kappa shape index (κ1) is 23.5. The van der Waals surface area contributed by atoms with Gasteiger partial charge in [-0.05, 0) is 23.3 Å². The van der Waals surface area contributed by atoms with Crippen molar-refractivity contribution in [2.45, 2.75) is 26.5 Å². The first-order chi connectivity index (χ1) is 13.5. The molecule has 160 valence electrons. The van der Waals surface area contributed by atoms with Gasteiger partial charge in [0.05, 0.1) is 7.11 Å². The van der Waals surface area contributed by atoms with Gasteiger partial charge in [-0.15, -0.1) is 12.4 Å². The summed E-state index contributed by atoms with van der Waals surface area (Å²) in [5, 5.41) is 13.5. The number of nitrogens with one attached hydrogen (secondary N) is 1. The van der Waals surface area contributed by atoms with Crippen LogP contribution < -0.4 is 14.8 Å². The van der Waals surface area contributed by atoms with Crippen LogP contribution >= 0.6 is 12.4 Å². The van der Waals surface area contributed by atoms with Gasteiger partial charge in [0.2, 0.25) is 0 Å². The fourth-order valence-electron chi connectivity index (χ4n) is 3.89. The zero-order valence-corrected chi connectivity index (χ0v) is 18.4. The molecular formula is C23H33ClN2O3. The molecule has 0 unspecified atom stereocenters. The highest BCUT2D eigenvalue weighted by Gasteiger charge is 2.36. The van der Waals surface area contributed by atoms with Crippen LogP contribution in [0.25, 0.3) is 0 Å². The minimum atomic E-state index is -0.269. The molecule has 0 aromatic heterocycles. The van der Waals surface area contributed by atoms with Crippen molar-refractivity contribution in [3.63, 3.8) is 0 Å². The zero-order valence-electron chi connectivity index (χ0n) is 17.6. The lowest BCUT2D eigenvalue weighted by Gasteiger charge is -2.43. The van der Waals surface area contributed by atoms with Gasteiger partial charge in [0.25, 0.3) is 0 Å². The second-order valence-corrected chi connectivity index (χ2v) is 8.02. The standard InChI is InChI=1S/C23H32N2O3.ClH/c1-23(2,17-26)22(25-13-11-24-12-14-25)19-9-10-20(21(15-19)27-3)28-16-18-7-5-4-6-8-18;/h4-10,15,22,24,26H,11-14,16-17H2,1-3H3;1H/t22-;/m1./s1. The summed E-state index contributed by atoms with van der Waals surface area (Å²) in [5.74, 6) is 1.46. The van der Waals surface area contributed by atoms with Crippen LogP contribution in [0, 0.1) is 5.41 Å². The number of hydrogen-bond donors (Lipinski definition) is 2. The van der Waals surface area contributed by atoms with Crippen LogP contribution in [0.3, 0.4) is 0 Å². The number of nitrogens with zero attached hydrogens (tertiary/aromatic N) is 1. The Labute approximate surface area is 180 Å². The normalized spacial score (nSPS) is 16.0. The molecule has 1 heterocycles. The fourth-order valence-corrected chi connectivity index (χ4v) is 3.89. The van der Waals surface area contributed by atoms with Crippen LogP contribution in [0.5, 0.6) is 11.5 Å². The number of piperazine rings is 1. The van der Waals surface area contributed by atoms with Crippen LogP contribution in [0.4, 0.5) is 0 Å². The third kappa shape index (κ3) is 5.86. The highest BCUT2D eigenvalue weighted by Crippen LogP contribution is 2.41. The quantitative estimate of drug-likeness (QED) is 0.682. The first-order valence-corrected chi connectivity index (χ1v) is 9.95. The zero-order chi connectivity index (χ0) is 20.0. The molecule has 1 fully saturated rings. The minimum absolute atomic E-state index is 0. The van der Waals surface area contributed by atoms with Crippen LogP contribution in [-0.2, 0) is 6.61 Å². The Morgan fingerprint density at radius 3 is 2.38 bits per heavy atom. The molecule has 5 nitrogen and oxygen atoms in total. The molecule has 6 heteroatoms. The average molecular weight is 421 g/mol. The van der Waals surface area contributed by atoms with E-state index in [9.17, 15) is 5.11 Å². The molecule has 0 saturated carbocycles. The molecule has 0 aliphatic carbocycles. The van der Waals surface area contributed by atoms with E-state index < -0.39 is 0 Å². The van der Waals surface area contributed by atoms with Crippen molar-refractivity contribution in [2.24, 2.45) is 5.41 Å². The summed E-state index contributed by atoms with van der Waals surface area (Å²) in [4.78, 5) is 2.45. The Morgan fingerprint density at radius 2 is 1.76 bits per heavy atom. The van der Waals surface area contributed by atoms with Gasteiger partial charge >= 0.3 is 0 Å². The molecule has 1 aliphatic rings. The van der Waals surface area contributed by atoms with Gasteiger partial charge in [-0.25, -0.2) is 0 Å². The van der Waals surface area contributed by atoms with Gasteiger partial charge in [0.1, 0.15) is 6.61 Å². The molecule has 0 amide bonds. The Hall–Kier alpha value is -1.79. The lowest BCUT2D eigenvalue weighted by atomic mass is 9.79. The fraction of sp³-hybridized carbons (Fsp3) is 0.478. The summed E-state index contributed by atoms with van der Waals surface area (Å²) in [6.07, 6.45) is 0. The monoisotopic (exact) mass is 420 g/mol. The first-order valence-electron chi connectivity index (χ1n) is 9.95. The van der Waals surface area contributed by atoms with Crippen LogP contribution in [0.2, 0.25) is 0 Å². The van der Waals surface area contributed by atoms with Gasteiger partial charge in [0, 0.05) is 44.2 Å². The molecule has 2 aromatic rings. The van der Waals surface area contributed by atoms with Crippen molar-refractivity contribution in [1.82, 2.24) is 10.2 Å².